The van der Waals surface area contributed by atoms with Crippen molar-refractivity contribution in [2.75, 3.05) is 0 Å². The van der Waals surface area contributed by atoms with Crippen LogP contribution in [0.25, 0.3) is 0 Å². The number of H-pyrrole nitrogens is 1. The fourth-order valence-corrected chi connectivity index (χ4v) is 1.89. The van der Waals surface area contributed by atoms with Crippen LogP contribution in [0, 0.1) is 0 Å². The van der Waals surface area contributed by atoms with Gasteiger partial charge in [-0.2, -0.15) is 18.4 Å². The summed E-state index contributed by atoms with van der Waals surface area (Å²) in [5.41, 5.74) is -0.704. The monoisotopic (exact) mass is 246 g/mol. The van der Waals surface area contributed by atoms with Crippen LogP contribution >= 0.6 is 11.8 Å². The van der Waals surface area contributed by atoms with E-state index in [1.807, 2.05) is 0 Å². The average molecular weight is 246 g/mol. The van der Waals surface area contributed by atoms with Crippen molar-refractivity contribution in [1.29, 1.82) is 0 Å². The van der Waals surface area contributed by atoms with Gasteiger partial charge >= 0.3 is 6.18 Å². The van der Waals surface area contributed by atoms with Crippen LogP contribution in [0.3, 0.4) is 0 Å². The average Bonchev–Trinajstić information content (AvgIpc) is 2.70. The molecule has 0 spiro atoms. The standard InChI is InChI=1S/C8H5F3N4S/c9-8(10,11)5-3-1-2-4-6(5)16-7-12-14-15-13-7/h1-4H,(H,12,13,14,15). The first kappa shape index (κ1) is 10.9. The van der Waals surface area contributed by atoms with E-state index in [-0.39, 0.29) is 10.1 Å². The number of aromatic amines is 1. The molecule has 0 saturated carbocycles. The highest BCUT2D eigenvalue weighted by Crippen LogP contribution is 2.37. The van der Waals surface area contributed by atoms with Gasteiger partial charge in [0, 0.05) is 4.90 Å². The van der Waals surface area contributed by atoms with Crippen molar-refractivity contribution in [2.45, 2.75) is 16.2 Å². The molecule has 0 unspecified atom stereocenters. The number of nitrogens with one attached hydrogen (secondary N) is 1. The lowest BCUT2D eigenvalue weighted by atomic mass is 10.2. The van der Waals surface area contributed by atoms with Gasteiger partial charge in [0.05, 0.1) is 5.56 Å². The lowest BCUT2D eigenvalue weighted by molar-refractivity contribution is -0.139. The van der Waals surface area contributed by atoms with E-state index < -0.39 is 11.7 Å². The molecule has 0 fully saturated rings. The van der Waals surface area contributed by atoms with E-state index in [1.165, 1.54) is 18.2 Å². The molecular formula is C8H5F3N4S. The van der Waals surface area contributed by atoms with E-state index in [0.29, 0.717) is 0 Å². The Morgan fingerprint density at radius 3 is 2.56 bits per heavy atom. The Kier molecular flexibility index (Phi) is 2.82. The molecule has 8 heteroatoms. The second kappa shape index (κ2) is 4.12. The topological polar surface area (TPSA) is 54.5 Å². The number of alkyl halides is 3. The zero-order valence-electron chi connectivity index (χ0n) is 7.69. The highest BCUT2D eigenvalue weighted by Gasteiger charge is 2.33. The number of nitrogens with zero attached hydrogens (tertiary/aromatic N) is 3. The third kappa shape index (κ3) is 2.32. The molecule has 2 aromatic rings. The summed E-state index contributed by atoms with van der Waals surface area (Å²) in [7, 11) is 0. The van der Waals surface area contributed by atoms with Crippen molar-refractivity contribution in [3.05, 3.63) is 29.8 Å². The third-order valence-corrected chi connectivity index (χ3v) is 2.65. The molecule has 0 aliphatic rings. The van der Waals surface area contributed by atoms with E-state index in [0.717, 1.165) is 17.8 Å². The van der Waals surface area contributed by atoms with E-state index in [2.05, 4.69) is 20.6 Å². The molecule has 0 bridgehead atoms. The van der Waals surface area contributed by atoms with Crippen LogP contribution in [0.2, 0.25) is 0 Å². The van der Waals surface area contributed by atoms with Gasteiger partial charge in [0.1, 0.15) is 0 Å². The summed E-state index contributed by atoms with van der Waals surface area (Å²) in [6, 6.07) is 5.24. The summed E-state index contributed by atoms with van der Waals surface area (Å²) in [6.45, 7) is 0. The molecule has 84 valence electrons. The van der Waals surface area contributed by atoms with Gasteiger partial charge in [-0.05, 0) is 29.1 Å². The van der Waals surface area contributed by atoms with E-state index in [1.54, 1.807) is 0 Å². The SMILES string of the molecule is FC(F)(F)c1ccccc1Sc1nn[nH]n1. The number of hydrogen-bond acceptors (Lipinski definition) is 4. The Morgan fingerprint density at radius 1 is 1.19 bits per heavy atom. The lowest BCUT2D eigenvalue weighted by Crippen LogP contribution is -2.06. The minimum absolute atomic E-state index is 0.0522. The second-order valence-electron chi connectivity index (χ2n) is 2.79. The van der Waals surface area contributed by atoms with E-state index in [9.17, 15) is 13.2 Å². The maximum atomic E-state index is 12.6. The number of benzene rings is 1. The Balaban J connectivity index is 2.34. The highest BCUT2D eigenvalue weighted by atomic mass is 32.2. The summed E-state index contributed by atoms with van der Waals surface area (Å²) in [5.74, 6) is 0. The van der Waals surface area contributed by atoms with Crippen molar-refractivity contribution >= 4 is 11.8 Å². The van der Waals surface area contributed by atoms with E-state index >= 15 is 0 Å². The number of halogens is 3. The summed E-state index contributed by atoms with van der Waals surface area (Å²) in [5, 5.41) is 12.8. The van der Waals surface area contributed by atoms with Crippen LogP contribution in [-0.4, -0.2) is 20.6 Å². The normalized spacial score (nSPS) is 11.7. The molecule has 0 radical (unpaired) electrons. The Hall–Kier alpha value is -1.57. The lowest BCUT2D eigenvalue weighted by Gasteiger charge is -2.10. The van der Waals surface area contributed by atoms with Gasteiger partial charge in [-0.3, -0.25) is 0 Å². The predicted molar refractivity (Wildman–Crippen MR) is 49.7 cm³/mol. The Morgan fingerprint density at radius 2 is 1.94 bits per heavy atom. The molecule has 0 atom stereocenters. The zero-order valence-corrected chi connectivity index (χ0v) is 8.51. The first-order chi connectivity index (χ1) is 7.57. The number of hydrogen-bond donors (Lipinski definition) is 1. The third-order valence-electron chi connectivity index (χ3n) is 1.72. The fraction of sp³-hybridized carbons (Fsp3) is 0.125. The van der Waals surface area contributed by atoms with Crippen molar-refractivity contribution in [2.24, 2.45) is 0 Å². The summed E-state index contributed by atoms with van der Waals surface area (Å²) >= 11 is 0.812. The molecule has 16 heavy (non-hydrogen) atoms. The molecule has 0 amide bonds. The molecule has 2 rings (SSSR count). The van der Waals surface area contributed by atoms with Crippen LogP contribution in [0.15, 0.2) is 34.3 Å². The number of rotatable bonds is 2. The molecule has 0 saturated heterocycles. The van der Waals surface area contributed by atoms with Gasteiger partial charge in [0.25, 0.3) is 0 Å². The molecule has 4 nitrogen and oxygen atoms in total. The largest absolute Gasteiger partial charge is 0.417 e. The van der Waals surface area contributed by atoms with Crippen molar-refractivity contribution in [1.82, 2.24) is 20.6 Å². The van der Waals surface area contributed by atoms with Crippen LogP contribution in [-0.2, 0) is 6.18 Å². The minimum Gasteiger partial charge on any atom is -0.176 e. The van der Waals surface area contributed by atoms with Gasteiger partial charge in [0.2, 0.25) is 5.16 Å². The maximum Gasteiger partial charge on any atom is 0.417 e. The van der Waals surface area contributed by atoms with Gasteiger partial charge in [-0.1, -0.05) is 12.1 Å². The highest BCUT2D eigenvalue weighted by molar-refractivity contribution is 7.99. The van der Waals surface area contributed by atoms with Crippen LogP contribution in [0.4, 0.5) is 13.2 Å². The van der Waals surface area contributed by atoms with Crippen molar-refractivity contribution in [3.8, 4) is 0 Å². The van der Waals surface area contributed by atoms with Crippen molar-refractivity contribution in [3.63, 3.8) is 0 Å². The summed E-state index contributed by atoms with van der Waals surface area (Å²) in [6.07, 6.45) is -4.38. The van der Waals surface area contributed by atoms with Crippen LogP contribution < -0.4 is 0 Å². The smallest absolute Gasteiger partial charge is 0.176 e. The number of aromatic nitrogens is 4. The fourth-order valence-electron chi connectivity index (χ4n) is 1.08. The quantitative estimate of drug-likeness (QED) is 0.883. The predicted octanol–water partition coefficient (Wildman–Crippen LogP) is 2.37. The summed E-state index contributed by atoms with van der Waals surface area (Å²) in [4.78, 5) is 0.0522. The van der Waals surface area contributed by atoms with Gasteiger partial charge in [-0.25, -0.2) is 0 Å². The van der Waals surface area contributed by atoms with Gasteiger partial charge < -0.3 is 0 Å². The summed E-state index contributed by atoms with van der Waals surface area (Å²) < 4.78 is 37.8. The zero-order chi connectivity index (χ0) is 11.6. The molecule has 0 aliphatic carbocycles. The number of tetrazole rings is 1. The molecule has 0 aliphatic heterocycles. The molecule has 1 heterocycles. The first-order valence-electron chi connectivity index (χ1n) is 4.15. The molecule has 1 N–H and O–H groups in total. The van der Waals surface area contributed by atoms with Crippen molar-refractivity contribution < 1.29 is 13.2 Å². The van der Waals surface area contributed by atoms with Gasteiger partial charge in [-0.15, -0.1) is 10.2 Å². The Bertz CT molecular complexity index is 468. The van der Waals surface area contributed by atoms with Gasteiger partial charge in [0.15, 0.2) is 0 Å². The van der Waals surface area contributed by atoms with Crippen LogP contribution in [0.1, 0.15) is 5.56 Å². The maximum absolute atomic E-state index is 12.6. The minimum atomic E-state index is -4.38. The molecular weight excluding hydrogens is 241 g/mol. The molecule has 1 aromatic heterocycles. The van der Waals surface area contributed by atoms with E-state index in [4.69, 9.17) is 0 Å². The first-order valence-corrected chi connectivity index (χ1v) is 4.96. The molecule has 1 aromatic carbocycles. The Labute approximate surface area is 92.2 Å². The second-order valence-corrected chi connectivity index (χ2v) is 3.80. The van der Waals surface area contributed by atoms with Crippen LogP contribution in [0.5, 0.6) is 0 Å².